The van der Waals surface area contributed by atoms with E-state index >= 15 is 0 Å². The summed E-state index contributed by atoms with van der Waals surface area (Å²) in [6.07, 6.45) is 0.499. The van der Waals surface area contributed by atoms with E-state index in [0.29, 0.717) is 12.1 Å². The monoisotopic (exact) mass is 330 g/mol. The minimum absolute atomic E-state index is 0.248. The molecule has 0 aliphatic carbocycles. The molecular weight excluding hydrogens is 319 g/mol. The summed E-state index contributed by atoms with van der Waals surface area (Å²) in [6, 6.07) is 2.90. The number of aromatic nitrogens is 2. The fourth-order valence-corrected chi connectivity index (χ4v) is 2.75. The van der Waals surface area contributed by atoms with E-state index in [1.165, 1.54) is 0 Å². The highest BCUT2D eigenvalue weighted by atomic mass is 32.2. The van der Waals surface area contributed by atoms with Crippen molar-refractivity contribution in [3.05, 3.63) is 34.6 Å². The Bertz CT molecular complexity index is 789. The largest absolute Gasteiger partial charge is 0.319 e. The number of aryl methyl sites for hydroxylation is 1. The first-order valence-corrected chi connectivity index (χ1v) is 8.09. The molecule has 0 atom stereocenters. The third-order valence-corrected chi connectivity index (χ3v) is 4.29. The highest BCUT2D eigenvalue weighted by Gasteiger charge is 2.18. The van der Waals surface area contributed by atoms with Crippen LogP contribution in [0.25, 0.3) is 0 Å². The highest BCUT2D eigenvalue weighted by Crippen LogP contribution is 2.21. The number of sulfonamides is 1. The minimum atomic E-state index is -3.98. The summed E-state index contributed by atoms with van der Waals surface area (Å²) in [7, 11) is -3.98. The number of hydrogen-bond acceptors (Lipinski definition) is 6. The number of halogens is 1. The average molecular weight is 330 g/mol. The normalized spacial score (nSPS) is 11.4. The van der Waals surface area contributed by atoms with Crippen LogP contribution in [0.15, 0.2) is 23.1 Å². The molecule has 0 spiro atoms. The first-order valence-electron chi connectivity index (χ1n) is 5.78. The number of anilines is 1. The molecule has 0 aliphatic rings. The zero-order valence-electron chi connectivity index (χ0n) is 10.8. The van der Waals surface area contributed by atoms with Gasteiger partial charge in [0.25, 0.3) is 5.91 Å². The summed E-state index contributed by atoms with van der Waals surface area (Å²) >= 11 is 0.879. The number of primary sulfonamides is 1. The Morgan fingerprint density at radius 2 is 2.19 bits per heavy atom. The summed E-state index contributed by atoms with van der Waals surface area (Å²) in [4.78, 5) is 12.0. The van der Waals surface area contributed by atoms with Crippen molar-refractivity contribution in [2.45, 2.75) is 18.2 Å². The molecule has 0 radical (unpaired) electrons. The van der Waals surface area contributed by atoms with E-state index in [1.807, 2.05) is 0 Å². The smallest absolute Gasteiger partial charge is 0.269 e. The lowest BCUT2D eigenvalue weighted by atomic mass is 10.2. The molecule has 1 aromatic heterocycles. The van der Waals surface area contributed by atoms with Crippen molar-refractivity contribution < 1.29 is 17.6 Å². The van der Waals surface area contributed by atoms with Gasteiger partial charge in [-0.05, 0) is 36.2 Å². The number of nitrogens with zero attached hydrogens (tertiary/aromatic N) is 2. The Kier molecular flexibility index (Phi) is 4.30. The Balaban J connectivity index is 2.33. The molecule has 0 bridgehead atoms. The lowest BCUT2D eigenvalue weighted by Gasteiger charge is -2.07. The molecule has 2 aromatic rings. The number of nitrogens with two attached hydrogens (primary N) is 1. The van der Waals surface area contributed by atoms with E-state index in [-0.39, 0.29) is 15.5 Å². The molecule has 2 rings (SSSR count). The molecule has 10 heteroatoms. The Hall–Kier alpha value is -1.91. The van der Waals surface area contributed by atoms with Crippen LogP contribution in [-0.2, 0) is 16.4 Å². The molecule has 3 N–H and O–H groups in total. The zero-order valence-corrected chi connectivity index (χ0v) is 12.5. The van der Waals surface area contributed by atoms with E-state index in [1.54, 1.807) is 6.92 Å². The maximum atomic E-state index is 13.7. The van der Waals surface area contributed by atoms with Crippen molar-refractivity contribution in [2.24, 2.45) is 5.14 Å². The van der Waals surface area contributed by atoms with Crippen LogP contribution >= 0.6 is 11.5 Å². The Morgan fingerprint density at radius 3 is 2.81 bits per heavy atom. The van der Waals surface area contributed by atoms with Gasteiger partial charge in [-0.1, -0.05) is 11.4 Å². The second kappa shape index (κ2) is 5.84. The molecule has 1 heterocycles. The predicted octanol–water partition coefficient (Wildman–Crippen LogP) is 1.14. The van der Waals surface area contributed by atoms with Gasteiger partial charge in [0.2, 0.25) is 10.0 Å². The van der Waals surface area contributed by atoms with Gasteiger partial charge in [0.05, 0.1) is 16.3 Å². The topological polar surface area (TPSA) is 115 Å². The van der Waals surface area contributed by atoms with Crippen LogP contribution in [0.3, 0.4) is 0 Å². The Labute approximate surface area is 124 Å². The average Bonchev–Trinajstić information content (AvgIpc) is 2.88. The number of nitrogens with one attached hydrogen (secondary N) is 1. The van der Waals surface area contributed by atoms with Crippen molar-refractivity contribution >= 4 is 33.2 Å². The summed E-state index contributed by atoms with van der Waals surface area (Å²) in [5.41, 5.74) is 0.211. The molecule has 7 nitrogen and oxygen atoms in total. The van der Waals surface area contributed by atoms with Crippen LogP contribution in [0, 0.1) is 5.82 Å². The third kappa shape index (κ3) is 3.40. The van der Waals surface area contributed by atoms with Crippen molar-refractivity contribution in [3.8, 4) is 0 Å². The number of hydrogen-bond donors (Lipinski definition) is 2. The van der Waals surface area contributed by atoms with E-state index < -0.39 is 21.7 Å². The number of rotatable bonds is 4. The molecule has 0 fully saturated rings. The fraction of sp³-hybridized carbons (Fsp3) is 0.182. The second-order valence-electron chi connectivity index (χ2n) is 4.04. The Morgan fingerprint density at radius 1 is 1.48 bits per heavy atom. The molecule has 1 aromatic carbocycles. The van der Waals surface area contributed by atoms with Gasteiger partial charge in [0.1, 0.15) is 10.7 Å². The minimum Gasteiger partial charge on any atom is -0.319 e. The van der Waals surface area contributed by atoms with Gasteiger partial charge in [-0.25, -0.2) is 17.9 Å². The van der Waals surface area contributed by atoms with E-state index in [2.05, 4.69) is 14.9 Å². The number of carbonyl (C=O) groups excluding carboxylic acids is 1. The fourth-order valence-electron chi connectivity index (χ4n) is 1.57. The first kappa shape index (κ1) is 15.5. The molecule has 0 unspecified atom stereocenters. The molecule has 112 valence electrons. The van der Waals surface area contributed by atoms with Crippen LogP contribution in [0.4, 0.5) is 10.1 Å². The number of benzene rings is 1. The second-order valence-corrected chi connectivity index (χ2v) is 6.36. The van der Waals surface area contributed by atoms with Crippen LogP contribution in [0.1, 0.15) is 22.3 Å². The zero-order chi connectivity index (χ0) is 15.6. The van der Waals surface area contributed by atoms with Gasteiger partial charge in [-0.3, -0.25) is 4.79 Å². The molecule has 1 amide bonds. The molecule has 0 saturated carbocycles. The third-order valence-electron chi connectivity index (χ3n) is 2.61. The van der Waals surface area contributed by atoms with Crippen LogP contribution < -0.4 is 10.5 Å². The van der Waals surface area contributed by atoms with Gasteiger partial charge >= 0.3 is 0 Å². The van der Waals surface area contributed by atoms with Crippen molar-refractivity contribution in [1.29, 1.82) is 0 Å². The SMILES string of the molecule is CCc1nnsc1C(=O)Nc1cc(S(N)(=O)=O)ccc1F. The van der Waals surface area contributed by atoms with Gasteiger partial charge in [-0.2, -0.15) is 0 Å². The maximum Gasteiger partial charge on any atom is 0.269 e. The van der Waals surface area contributed by atoms with E-state index in [4.69, 9.17) is 5.14 Å². The standard InChI is InChI=1S/C11H11FN4O3S2/c1-2-8-10(20-16-15-8)11(17)14-9-5-6(21(13,18)19)3-4-7(9)12/h3-5H,2H2,1H3,(H,14,17)(H2,13,18,19). The molecule has 0 saturated heterocycles. The highest BCUT2D eigenvalue weighted by molar-refractivity contribution is 7.89. The van der Waals surface area contributed by atoms with Gasteiger partial charge in [0, 0.05) is 0 Å². The summed E-state index contributed by atoms with van der Waals surface area (Å²) < 4.78 is 39.8. The molecule has 21 heavy (non-hydrogen) atoms. The van der Waals surface area contributed by atoms with E-state index in [9.17, 15) is 17.6 Å². The van der Waals surface area contributed by atoms with Gasteiger partial charge < -0.3 is 5.32 Å². The quantitative estimate of drug-likeness (QED) is 0.872. The summed E-state index contributed by atoms with van der Waals surface area (Å²) in [5.74, 6) is -1.38. The van der Waals surface area contributed by atoms with Crippen molar-refractivity contribution in [1.82, 2.24) is 9.59 Å². The lowest BCUT2D eigenvalue weighted by Crippen LogP contribution is -2.16. The molecular formula is C11H11FN4O3S2. The van der Waals surface area contributed by atoms with Crippen LogP contribution in [-0.4, -0.2) is 23.9 Å². The predicted molar refractivity (Wildman–Crippen MR) is 75.0 cm³/mol. The number of carbonyl (C=O) groups is 1. The first-order chi connectivity index (χ1) is 9.82. The summed E-state index contributed by atoms with van der Waals surface area (Å²) in [6.45, 7) is 1.80. The summed E-state index contributed by atoms with van der Waals surface area (Å²) in [5, 5.41) is 11.0. The maximum absolute atomic E-state index is 13.7. The van der Waals surface area contributed by atoms with Gasteiger partial charge in [-0.15, -0.1) is 5.10 Å². The van der Waals surface area contributed by atoms with Crippen molar-refractivity contribution in [3.63, 3.8) is 0 Å². The van der Waals surface area contributed by atoms with Crippen molar-refractivity contribution in [2.75, 3.05) is 5.32 Å². The van der Waals surface area contributed by atoms with Crippen LogP contribution in [0.5, 0.6) is 0 Å². The van der Waals surface area contributed by atoms with Gasteiger partial charge in [0.15, 0.2) is 0 Å². The van der Waals surface area contributed by atoms with Crippen LogP contribution in [0.2, 0.25) is 0 Å². The lowest BCUT2D eigenvalue weighted by molar-refractivity contribution is 0.102. The van der Waals surface area contributed by atoms with E-state index in [0.717, 1.165) is 29.7 Å². The molecule has 0 aliphatic heterocycles. The number of amides is 1.